The number of anilines is 1. The molecule has 1 amide bonds. The average molecular weight is 601 g/mol. The molecular formula is C32H28N2O8S. The molecule has 10 nitrogen and oxygen atoms in total. The summed E-state index contributed by atoms with van der Waals surface area (Å²) >= 11 is 0.891. The summed E-state index contributed by atoms with van der Waals surface area (Å²) in [6.07, 6.45) is 0. The topological polar surface area (TPSA) is 135 Å². The molecule has 3 aromatic carbocycles. The second kappa shape index (κ2) is 12.0. The number of phenolic OH excluding ortho intramolecular Hbond substituents is 1. The van der Waals surface area contributed by atoms with Gasteiger partial charge in [-0.1, -0.05) is 47.7 Å². The number of methoxy groups -OCH3 is 2. The van der Waals surface area contributed by atoms with E-state index in [1.54, 1.807) is 32.0 Å². The van der Waals surface area contributed by atoms with E-state index in [-0.39, 0.29) is 27.1 Å². The Morgan fingerprint density at radius 3 is 2.44 bits per heavy atom. The van der Waals surface area contributed by atoms with Gasteiger partial charge in [0.1, 0.15) is 23.0 Å². The second-order valence-corrected chi connectivity index (χ2v) is 10.7. The van der Waals surface area contributed by atoms with Crippen LogP contribution in [-0.4, -0.2) is 47.1 Å². The van der Waals surface area contributed by atoms with Gasteiger partial charge in [-0.15, -0.1) is 0 Å². The molecule has 1 aromatic heterocycles. The zero-order valence-corrected chi connectivity index (χ0v) is 24.6. The minimum atomic E-state index is -1.15. The molecule has 1 saturated heterocycles. The van der Waals surface area contributed by atoms with E-state index in [4.69, 9.17) is 14.2 Å². The van der Waals surface area contributed by atoms with Gasteiger partial charge in [0, 0.05) is 5.56 Å². The number of hydrogen-bond acceptors (Lipinski definition) is 10. The van der Waals surface area contributed by atoms with Gasteiger partial charge in [-0.05, 0) is 60.9 Å². The van der Waals surface area contributed by atoms with Crippen LogP contribution < -0.4 is 14.4 Å². The number of esters is 1. The molecule has 2 N–H and O–H groups in total. The minimum Gasteiger partial charge on any atom is -0.507 e. The van der Waals surface area contributed by atoms with E-state index in [1.807, 2.05) is 30.3 Å². The van der Waals surface area contributed by atoms with Gasteiger partial charge in [0.25, 0.3) is 5.78 Å². The molecule has 0 saturated carbocycles. The SMILES string of the molecule is COC(=O)c1sc(N2C(=O)C(=O)/C(=C(/O)c3ccc(OCc4ccccc4)cc3C)[C@@H]2c2ccc(O)c(OC)c2)nc1C. The van der Waals surface area contributed by atoms with E-state index in [2.05, 4.69) is 4.98 Å². The Kier molecular flexibility index (Phi) is 8.18. The molecular weight excluding hydrogens is 572 g/mol. The molecule has 0 unspecified atom stereocenters. The highest BCUT2D eigenvalue weighted by molar-refractivity contribution is 7.17. The number of aryl methyl sites for hydroxylation is 2. The van der Waals surface area contributed by atoms with Crippen molar-refractivity contribution in [2.45, 2.75) is 26.5 Å². The lowest BCUT2D eigenvalue weighted by Gasteiger charge is -2.23. The predicted octanol–water partition coefficient (Wildman–Crippen LogP) is 5.47. The number of hydrogen-bond donors (Lipinski definition) is 2. The number of benzene rings is 3. The molecule has 1 aliphatic rings. The molecule has 43 heavy (non-hydrogen) atoms. The summed E-state index contributed by atoms with van der Waals surface area (Å²) in [5, 5.41) is 21.9. The first-order valence-corrected chi connectivity index (χ1v) is 14.0. The molecule has 1 atom stereocenters. The van der Waals surface area contributed by atoms with Crippen LogP contribution in [-0.2, 0) is 20.9 Å². The number of aromatic nitrogens is 1. The third-order valence-corrected chi connectivity index (χ3v) is 8.16. The van der Waals surface area contributed by atoms with Gasteiger partial charge in [-0.25, -0.2) is 9.78 Å². The van der Waals surface area contributed by atoms with Crippen molar-refractivity contribution in [2.24, 2.45) is 0 Å². The first kappa shape index (κ1) is 29.3. The fourth-order valence-corrected chi connectivity index (χ4v) is 5.87. The number of rotatable bonds is 8. The first-order valence-electron chi connectivity index (χ1n) is 13.2. The summed E-state index contributed by atoms with van der Waals surface area (Å²) in [7, 11) is 2.60. The average Bonchev–Trinajstić information content (AvgIpc) is 3.52. The van der Waals surface area contributed by atoms with Gasteiger partial charge >= 0.3 is 11.9 Å². The van der Waals surface area contributed by atoms with Crippen LogP contribution in [0, 0.1) is 13.8 Å². The summed E-state index contributed by atoms with van der Waals surface area (Å²) in [6, 6.07) is 17.9. The molecule has 11 heteroatoms. The van der Waals surface area contributed by atoms with E-state index in [0.29, 0.717) is 34.7 Å². The molecule has 220 valence electrons. The maximum atomic E-state index is 13.6. The summed E-state index contributed by atoms with van der Waals surface area (Å²) in [4.78, 5) is 45.2. The van der Waals surface area contributed by atoms with Crippen LogP contribution in [0.1, 0.15) is 43.7 Å². The van der Waals surface area contributed by atoms with E-state index >= 15 is 0 Å². The molecule has 4 aromatic rings. The number of ether oxygens (including phenoxy) is 3. The highest BCUT2D eigenvalue weighted by Crippen LogP contribution is 2.45. The van der Waals surface area contributed by atoms with Crippen LogP contribution in [0.15, 0.2) is 72.3 Å². The zero-order chi connectivity index (χ0) is 30.8. The van der Waals surface area contributed by atoms with Gasteiger partial charge < -0.3 is 24.4 Å². The lowest BCUT2D eigenvalue weighted by atomic mass is 9.93. The number of carbonyl (C=O) groups is 3. The first-order chi connectivity index (χ1) is 20.6. The van der Waals surface area contributed by atoms with Crippen molar-refractivity contribution in [1.29, 1.82) is 0 Å². The van der Waals surface area contributed by atoms with Crippen molar-refractivity contribution in [3.05, 3.63) is 105 Å². The van der Waals surface area contributed by atoms with Gasteiger partial charge in [-0.2, -0.15) is 0 Å². The highest BCUT2D eigenvalue weighted by atomic mass is 32.1. The predicted molar refractivity (Wildman–Crippen MR) is 160 cm³/mol. The number of nitrogens with zero attached hydrogens (tertiary/aromatic N) is 2. The standard InChI is InChI=1S/C32H28N2O8S/c1-17-14-21(42-16-19-8-6-5-7-9-19)11-12-22(17)27(36)25-26(20-10-13-23(35)24(15-20)40-3)34(30(38)28(25)37)32-33-18(2)29(43-32)31(39)41-4/h5-15,26,35-36H,16H2,1-4H3/b27-25+/t26-/m0/s1. The van der Waals surface area contributed by atoms with Gasteiger partial charge in [-0.3, -0.25) is 14.5 Å². The van der Waals surface area contributed by atoms with Crippen LogP contribution in [0.3, 0.4) is 0 Å². The minimum absolute atomic E-state index is 0.0671. The summed E-state index contributed by atoms with van der Waals surface area (Å²) in [6.45, 7) is 3.69. The lowest BCUT2D eigenvalue weighted by Crippen LogP contribution is -2.29. The van der Waals surface area contributed by atoms with Crippen molar-refractivity contribution >= 4 is 39.9 Å². The van der Waals surface area contributed by atoms with Crippen molar-refractivity contribution in [3.8, 4) is 17.2 Å². The molecule has 5 rings (SSSR count). The second-order valence-electron chi connectivity index (χ2n) is 9.75. The Morgan fingerprint density at radius 1 is 1.02 bits per heavy atom. The van der Waals surface area contributed by atoms with E-state index in [9.17, 15) is 24.6 Å². The fraction of sp³-hybridized carbons (Fsp3) is 0.188. The maximum Gasteiger partial charge on any atom is 0.350 e. The van der Waals surface area contributed by atoms with Crippen molar-refractivity contribution < 1.29 is 38.8 Å². The molecule has 0 aliphatic carbocycles. The van der Waals surface area contributed by atoms with E-state index < -0.39 is 29.5 Å². The number of amides is 1. The van der Waals surface area contributed by atoms with Crippen LogP contribution in [0.2, 0.25) is 0 Å². The van der Waals surface area contributed by atoms with Crippen molar-refractivity contribution in [1.82, 2.24) is 4.98 Å². The Morgan fingerprint density at radius 2 is 1.77 bits per heavy atom. The normalized spacial score (nSPS) is 15.9. The quantitative estimate of drug-likeness (QED) is 0.117. The monoisotopic (exact) mass is 600 g/mol. The number of aliphatic hydroxyl groups excluding tert-OH is 1. The maximum absolute atomic E-state index is 13.6. The number of carbonyl (C=O) groups excluding carboxylic acids is 3. The molecule has 0 radical (unpaired) electrons. The summed E-state index contributed by atoms with van der Waals surface area (Å²) in [5.74, 6) is -2.40. The zero-order valence-electron chi connectivity index (χ0n) is 23.8. The molecule has 0 bridgehead atoms. The van der Waals surface area contributed by atoms with Crippen molar-refractivity contribution in [3.63, 3.8) is 0 Å². The number of aliphatic hydroxyl groups is 1. The molecule has 0 spiro atoms. The Hall–Kier alpha value is -5.16. The number of phenols is 1. The van der Waals surface area contributed by atoms with Crippen LogP contribution in [0.25, 0.3) is 5.76 Å². The number of ketones is 1. The Labute approximate surface area is 251 Å². The molecule has 1 aliphatic heterocycles. The fourth-order valence-electron chi connectivity index (χ4n) is 4.85. The number of Topliss-reactive ketones (excluding diaryl/α,β-unsaturated/α-hetero) is 1. The summed E-state index contributed by atoms with van der Waals surface area (Å²) in [5.41, 5.74) is 2.41. The Bertz CT molecular complexity index is 1760. The molecule has 1 fully saturated rings. The highest BCUT2D eigenvalue weighted by Gasteiger charge is 2.48. The van der Waals surface area contributed by atoms with Gasteiger partial charge in [0.2, 0.25) is 0 Å². The third-order valence-electron chi connectivity index (χ3n) is 7.03. The number of aromatic hydroxyl groups is 1. The van der Waals surface area contributed by atoms with Crippen LogP contribution in [0.4, 0.5) is 5.13 Å². The summed E-state index contributed by atoms with van der Waals surface area (Å²) < 4.78 is 16.0. The van der Waals surface area contributed by atoms with Gasteiger partial charge in [0.05, 0.1) is 31.5 Å². The largest absolute Gasteiger partial charge is 0.507 e. The van der Waals surface area contributed by atoms with Crippen LogP contribution in [0.5, 0.6) is 17.2 Å². The lowest BCUT2D eigenvalue weighted by molar-refractivity contribution is -0.132. The van der Waals surface area contributed by atoms with Gasteiger partial charge in [0.15, 0.2) is 16.6 Å². The molecule has 2 heterocycles. The number of thiazole rings is 1. The smallest absolute Gasteiger partial charge is 0.350 e. The van der Waals surface area contributed by atoms with E-state index in [0.717, 1.165) is 21.8 Å². The third kappa shape index (κ3) is 5.54. The van der Waals surface area contributed by atoms with Crippen molar-refractivity contribution in [2.75, 3.05) is 19.1 Å². The van der Waals surface area contributed by atoms with E-state index in [1.165, 1.54) is 32.4 Å². The van der Waals surface area contributed by atoms with Crippen LogP contribution >= 0.6 is 11.3 Å². The Balaban J connectivity index is 1.61.